The average molecular weight is 434 g/mol. The predicted molar refractivity (Wildman–Crippen MR) is 121 cm³/mol. The highest BCUT2D eigenvalue weighted by Crippen LogP contribution is 2.69. The fourth-order valence-corrected chi connectivity index (χ4v) is 9.35. The van der Waals surface area contributed by atoms with Crippen LogP contribution in [-0.2, 0) is 4.79 Å². The van der Waals surface area contributed by atoms with E-state index >= 15 is 0 Å². The minimum absolute atomic E-state index is 0.0547. The van der Waals surface area contributed by atoms with Crippen LogP contribution in [0.2, 0.25) is 0 Å². The van der Waals surface area contributed by atoms with E-state index < -0.39 is 5.97 Å². The Morgan fingerprint density at radius 3 is 2.58 bits per heavy atom. The molecule has 5 unspecified atom stereocenters. The number of nitrogens with two attached hydrogens (primary N) is 2. The normalized spacial score (nSPS) is 47.8. The summed E-state index contributed by atoms with van der Waals surface area (Å²) in [5, 5.41) is 11.0. The second-order valence-electron chi connectivity index (χ2n) is 12.2. The summed E-state index contributed by atoms with van der Waals surface area (Å²) in [6.45, 7) is 8.24. The number of carboxylic acids is 1. The molecule has 6 heteroatoms. The Bertz CT molecular complexity index is 674. The van der Waals surface area contributed by atoms with Gasteiger partial charge >= 0.3 is 0 Å². The van der Waals surface area contributed by atoms with Gasteiger partial charge in [0, 0.05) is 18.1 Å². The zero-order valence-electron chi connectivity index (χ0n) is 19.9. The van der Waals surface area contributed by atoms with Crippen molar-refractivity contribution < 1.29 is 9.90 Å². The molecule has 178 valence electrons. The molecule has 6 N–H and O–H groups in total. The van der Waals surface area contributed by atoms with Gasteiger partial charge in [0.25, 0.3) is 0 Å². The molecule has 0 aromatic carbocycles. The Morgan fingerprint density at radius 2 is 1.87 bits per heavy atom. The largest absolute Gasteiger partial charge is 0.550 e. The van der Waals surface area contributed by atoms with Gasteiger partial charge in [0.05, 0.1) is 0 Å². The molecule has 0 spiro atoms. The average Bonchev–Trinajstić information content (AvgIpc) is 3.08. The summed E-state index contributed by atoms with van der Waals surface area (Å²) in [4.78, 5) is 11.0. The van der Waals surface area contributed by atoms with Crippen LogP contribution in [-0.4, -0.2) is 18.1 Å². The van der Waals surface area contributed by atoms with Gasteiger partial charge < -0.3 is 15.6 Å². The molecule has 4 rings (SSSR count). The molecule has 0 aliphatic heterocycles. The molecule has 0 aromatic rings. The van der Waals surface area contributed by atoms with Crippen molar-refractivity contribution >= 4 is 5.97 Å². The molecule has 0 amide bonds. The lowest BCUT2D eigenvalue weighted by Crippen LogP contribution is -2.67. The third kappa shape index (κ3) is 3.85. The van der Waals surface area contributed by atoms with E-state index in [9.17, 15) is 9.90 Å². The van der Waals surface area contributed by atoms with Crippen molar-refractivity contribution in [2.45, 2.75) is 96.9 Å². The van der Waals surface area contributed by atoms with Gasteiger partial charge in [-0.2, -0.15) is 5.53 Å². The van der Waals surface area contributed by atoms with Crippen LogP contribution in [0, 0.1) is 46.3 Å². The molecule has 4 saturated carbocycles. The number of carboxylic acid groups (broad SMARTS) is 1. The number of hydrogen-bond acceptors (Lipinski definition) is 6. The predicted octanol–water partition coefficient (Wildman–Crippen LogP) is 2.48. The fraction of sp³-hybridized carbons (Fsp3) is 0.960. The van der Waals surface area contributed by atoms with Crippen LogP contribution in [0.1, 0.15) is 91.4 Å². The third-order valence-electron chi connectivity index (χ3n) is 11.1. The smallest absolute Gasteiger partial charge is 0.0414 e. The first-order valence-corrected chi connectivity index (χ1v) is 12.8. The zero-order valence-corrected chi connectivity index (χ0v) is 19.9. The highest BCUT2D eigenvalue weighted by Gasteiger charge is 2.63. The maximum absolute atomic E-state index is 11.0. The minimum atomic E-state index is -0.900. The molecule has 0 bridgehead atoms. The van der Waals surface area contributed by atoms with Gasteiger partial charge in [-0.3, -0.25) is 5.84 Å². The summed E-state index contributed by atoms with van der Waals surface area (Å²) < 4.78 is 0. The van der Waals surface area contributed by atoms with E-state index in [0.29, 0.717) is 23.2 Å². The second-order valence-corrected chi connectivity index (χ2v) is 12.2. The van der Waals surface area contributed by atoms with Crippen LogP contribution in [0.25, 0.3) is 0 Å². The van der Waals surface area contributed by atoms with Gasteiger partial charge in [-0.05, 0) is 117 Å². The van der Waals surface area contributed by atoms with E-state index in [-0.39, 0.29) is 17.4 Å². The minimum Gasteiger partial charge on any atom is -0.550 e. The molecule has 4 fully saturated rings. The lowest BCUT2D eigenvalue weighted by Gasteiger charge is -2.65. The number of hydrogen-bond donors (Lipinski definition) is 4. The molecule has 0 saturated heterocycles. The Balaban J connectivity index is 1.49. The van der Waals surface area contributed by atoms with E-state index in [0.717, 1.165) is 43.6 Å². The summed E-state index contributed by atoms with van der Waals surface area (Å²) in [6.07, 6.45) is 12.1. The summed E-state index contributed by atoms with van der Waals surface area (Å²) >= 11 is 0. The molecule has 0 heterocycles. The maximum Gasteiger partial charge on any atom is 0.0414 e. The van der Waals surface area contributed by atoms with Crippen molar-refractivity contribution in [2.24, 2.45) is 57.9 Å². The highest BCUT2D eigenvalue weighted by atomic mass is 16.4. The quantitative estimate of drug-likeness (QED) is 0.362. The van der Waals surface area contributed by atoms with Gasteiger partial charge in [0.1, 0.15) is 0 Å². The van der Waals surface area contributed by atoms with Crippen molar-refractivity contribution in [1.82, 2.24) is 11.0 Å². The molecular weight excluding hydrogens is 388 g/mol. The number of hydrazine groups is 2. The summed E-state index contributed by atoms with van der Waals surface area (Å²) in [5.74, 6) is 8.56. The van der Waals surface area contributed by atoms with Crippen molar-refractivity contribution in [3.8, 4) is 0 Å². The van der Waals surface area contributed by atoms with Gasteiger partial charge in [-0.1, -0.05) is 20.8 Å². The highest BCUT2D eigenvalue weighted by molar-refractivity contribution is 5.64. The summed E-state index contributed by atoms with van der Waals surface area (Å²) in [5.41, 5.74) is 13.5. The molecule has 4 aliphatic carbocycles. The van der Waals surface area contributed by atoms with Crippen LogP contribution >= 0.6 is 0 Å². The van der Waals surface area contributed by atoms with Gasteiger partial charge in [0.15, 0.2) is 0 Å². The molecule has 0 aromatic heterocycles. The van der Waals surface area contributed by atoms with E-state index in [1.54, 1.807) is 0 Å². The molecule has 0 radical (unpaired) electrons. The first-order valence-electron chi connectivity index (χ1n) is 12.8. The lowest BCUT2D eigenvalue weighted by atomic mass is 9.41. The van der Waals surface area contributed by atoms with Gasteiger partial charge in [0.2, 0.25) is 0 Å². The van der Waals surface area contributed by atoms with Crippen LogP contribution in [0.4, 0.5) is 0 Å². The number of rotatable bonds is 7. The summed E-state index contributed by atoms with van der Waals surface area (Å²) in [6, 6.07) is 0. The van der Waals surface area contributed by atoms with E-state index in [4.69, 9.17) is 11.6 Å². The number of nitrogens with one attached hydrogen (secondary N) is 2. The van der Waals surface area contributed by atoms with Crippen LogP contribution in [0.5, 0.6) is 0 Å². The Hall–Kier alpha value is -0.690. The van der Waals surface area contributed by atoms with E-state index in [2.05, 4.69) is 31.7 Å². The Labute approximate surface area is 188 Å². The van der Waals surface area contributed by atoms with Crippen molar-refractivity contribution in [1.29, 1.82) is 0 Å². The van der Waals surface area contributed by atoms with Gasteiger partial charge in [-0.15, -0.1) is 0 Å². The number of fused-ring (bicyclic) bond motifs is 5. The van der Waals surface area contributed by atoms with Crippen LogP contribution in [0.3, 0.4) is 0 Å². The first kappa shape index (κ1) is 23.5. The SMILES string of the molecule is CC(CCC(=O)[O-])[C@H]1CCC2C3CC[C@@]4(N)CC(CNNN)CC[C@]4(C)C3CC[C@@]21C. The molecular formula is C25H45N4O2-. The molecule has 6 nitrogen and oxygen atoms in total. The van der Waals surface area contributed by atoms with Crippen molar-refractivity contribution in [3.05, 3.63) is 0 Å². The Morgan fingerprint density at radius 1 is 1.10 bits per heavy atom. The van der Waals surface area contributed by atoms with Crippen molar-refractivity contribution in [3.63, 3.8) is 0 Å². The van der Waals surface area contributed by atoms with E-state index in [1.807, 2.05) is 0 Å². The number of aliphatic carboxylic acids is 1. The van der Waals surface area contributed by atoms with E-state index in [1.165, 1.54) is 44.9 Å². The lowest BCUT2D eigenvalue weighted by molar-refractivity contribution is -0.306. The molecule has 4 aliphatic rings. The first-order chi connectivity index (χ1) is 14.6. The van der Waals surface area contributed by atoms with Gasteiger partial charge in [-0.25, -0.2) is 5.43 Å². The number of carbonyl (C=O) groups is 1. The Kier molecular flexibility index (Phi) is 6.50. The second kappa shape index (κ2) is 8.58. The standard InChI is InChI=1S/C25H46N4O2/c1-16(4-7-22(30)31)19-5-6-20-18-9-13-25(26)14-17(15-28-29-27)8-12-24(25,3)21(18)10-11-23(19,20)2/h16-21,28-29H,4-15,26-27H2,1-3H3,(H,30,31)/p-1/t16?,17?,18?,19-,20?,21?,23-,24-,25-/m1/s1. The fourth-order valence-electron chi connectivity index (χ4n) is 9.35. The monoisotopic (exact) mass is 433 g/mol. The zero-order chi connectivity index (χ0) is 22.4. The maximum atomic E-state index is 11.0. The van der Waals surface area contributed by atoms with Crippen molar-refractivity contribution in [2.75, 3.05) is 6.54 Å². The summed E-state index contributed by atoms with van der Waals surface area (Å²) in [7, 11) is 0. The number of carbonyl (C=O) groups excluding carboxylic acids is 1. The topological polar surface area (TPSA) is 116 Å². The molecule has 9 atom stereocenters. The van der Waals surface area contributed by atoms with Crippen LogP contribution in [0.15, 0.2) is 0 Å². The molecule has 31 heavy (non-hydrogen) atoms. The van der Waals surface area contributed by atoms with Crippen LogP contribution < -0.4 is 27.6 Å². The third-order valence-corrected chi connectivity index (χ3v) is 11.1.